The van der Waals surface area contributed by atoms with Crippen molar-refractivity contribution in [1.29, 1.82) is 0 Å². The van der Waals surface area contributed by atoms with E-state index in [4.69, 9.17) is 4.74 Å². The summed E-state index contributed by atoms with van der Waals surface area (Å²) in [4.78, 5) is 10.9. The molecule has 1 aliphatic rings. The Labute approximate surface area is 94.2 Å². The standard InChI is InChI=1S/C12H15NO3/c1-3-12(2)7-10(13-15)9-6-8(14)4-5-11(9)16-12/h4-6,10,14H,3,7H2,1-2H3. The van der Waals surface area contributed by atoms with Gasteiger partial charge in [-0.3, -0.25) is 0 Å². The third-order valence-corrected chi connectivity index (χ3v) is 3.21. The minimum atomic E-state index is -0.430. The first-order valence-electron chi connectivity index (χ1n) is 5.42. The molecule has 1 aromatic carbocycles. The van der Waals surface area contributed by atoms with E-state index in [1.54, 1.807) is 18.2 Å². The van der Waals surface area contributed by atoms with E-state index >= 15 is 0 Å². The lowest BCUT2D eigenvalue weighted by molar-refractivity contribution is 0.0502. The maximum absolute atomic E-state index is 10.9. The van der Waals surface area contributed by atoms with E-state index in [1.807, 2.05) is 13.8 Å². The molecule has 2 atom stereocenters. The molecule has 0 aromatic heterocycles. The minimum Gasteiger partial charge on any atom is -0.508 e. The summed E-state index contributed by atoms with van der Waals surface area (Å²) in [7, 11) is 0. The lowest BCUT2D eigenvalue weighted by Crippen LogP contribution is -2.36. The van der Waals surface area contributed by atoms with Crippen LogP contribution in [-0.2, 0) is 0 Å². The molecule has 0 saturated heterocycles. The van der Waals surface area contributed by atoms with Gasteiger partial charge in [-0.1, -0.05) is 12.1 Å². The monoisotopic (exact) mass is 221 g/mol. The molecule has 2 rings (SSSR count). The zero-order valence-electron chi connectivity index (χ0n) is 9.43. The van der Waals surface area contributed by atoms with Crippen molar-refractivity contribution in [3.63, 3.8) is 0 Å². The van der Waals surface area contributed by atoms with Gasteiger partial charge in [-0.15, -0.1) is 0 Å². The third kappa shape index (κ3) is 1.75. The summed E-state index contributed by atoms with van der Waals surface area (Å²) < 4.78 is 5.85. The molecule has 0 radical (unpaired) electrons. The largest absolute Gasteiger partial charge is 0.508 e. The Bertz CT molecular complexity index is 419. The van der Waals surface area contributed by atoms with Crippen molar-refractivity contribution in [2.24, 2.45) is 5.18 Å². The summed E-state index contributed by atoms with van der Waals surface area (Å²) in [5.74, 6) is 0.786. The average molecular weight is 221 g/mol. The van der Waals surface area contributed by atoms with Crippen molar-refractivity contribution in [3.8, 4) is 11.5 Å². The van der Waals surface area contributed by atoms with E-state index in [2.05, 4.69) is 5.18 Å². The molecule has 1 N–H and O–H groups in total. The normalized spacial score (nSPS) is 28.0. The fraction of sp³-hybridized carbons (Fsp3) is 0.500. The van der Waals surface area contributed by atoms with E-state index in [1.165, 1.54) is 0 Å². The molecule has 1 heterocycles. The Hall–Kier alpha value is -1.58. The van der Waals surface area contributed by atoms with Crippen molar-refractivity contribution < 1.29 is 9.84 Å². The minimum absolute atomic E-state index is 0.135. The van der Waals surface area contributed by atoms with Crippen LogP contribution in [0.5, 0.6) is 11.5 Å². The molecule has 1 aromatic rings. The zero-order valence-corrected chi connectivity index (χ0v) is 9.43. The lowest BCUT2D eigenvalue weighted by atomic mass is 9.87. The highest BCUT2D eigenvalue weighted by Crippen LogP contribution is 2.43. The summed E-state index contributed by atoms with van der Waals surface area (Å²) in [6.07, 6.45) is 1.38. The van der Waals surface area contributed by atoms with Crippen molar-refractivity contribution in [3.05, 3.63) is 28.7 Å². The molecule has 0 aliphatic carbocycles. The Morgan fingerprint density at radius 1 is 1.62 bits per heavy atom. The number of fused-ring (bicyclic) bond motifs is 1. The number of phenols is 1. The molecule has 2 unspecified atom stereocenters. The van der Waals surface area contributed by atoms with Crippen LogP contribution in [0.3, 0.4) is 0 Å². The molecular weight excluding hydrogens is 206 g/mol. The van der Waals surface area contributed by atoms with Crippen LogP contribution in [0, 0.1) is 4.91 Å². The van der Waals surface area contributed by atoms with Gasteiger partial charge in [0.2, 0.25) is 0 Å². The predicted molar refractivity (Wildman–Crippen MR) is 60.6 cm³/mol. The number of benzene rings is 1. The van der Waals surface area contributed by atoms with Gasteiger partial charge in [-0.25, -0.2) is 0 Å². The van der Waals surface area contributed by atoms with Gasteiger partial charge in [0, 0.05) is 12.0 Å². The van der Waals surface area contributed by atoms with Crippen LogP contribution in [0.25, 0.3) is 0 Å². The Morgan fingerprint density at radius 2 is 2.38 bits per heavy atom. The van der Waals surface area contributed by atoms with Crippen LogP contribution in [0.2, 0.25) is 0 Å². The number of nitrogens with zero attached hydrogens (tertiary/aromatic N) is 1. The van der Waals surface area contributed by atoms with Gasteiger partial charge in [0.05, 0.1) is 0 Å². The molecule has 0 saturated carbocycles. The van der Waals surface area contributed by atoms with Crippen molar-refractivity contribution in [2.45, 2.75) is 38.3 Å². The summed E-state index contributed by atoms with van der Waals surface area (Å²) in [5.41, 5.74) is 0.337. The van der Waals surface area contributed by atoms with Crippen molar-refractivity contribution in [1.82, 2.24) is 0 Å². The highest BCUT2D eigenvalue weighted by molar-refractivity contribution is 5.43. The second-order valence-corrected chi connectivity index (χ2v) is 4.45. The van der Waals surface area contributed by atoms with Crippen LogP contribution < -0.4 is 4.74 Å². The summed E-state index contributed by atoms with van der Waals surface area (Å²) in [6.45, 7) is 3.99. The molecule has 0 spiro atoms. The van der Waals surface area contributed by atoms with Crippen LogP contribution in [0.1, 0.15) is 38.3 Å². The average Bonchev–Trinajstić information content (AvgIpc) is 2.29. The summed E-state index contributed by atoms with van der Waals surface area (Å²) >= 11 is 0. The Morgan fingerprint density at radius 3 is 3.00 bits per heavy atom. The highest BCUT2D eigenvalue weighted by Gasteiger charge is 2.36. The van der Waals surface area contributed by atoms with E-state index in [9.17, 15) is 10.0 Å². The topological polar surface area (TPSA) is 58.9 Å². The van der Waals surface area contributed by atoms with Crippen LogP contribution >= 0.6 is 0 Å². The number of nitroso groups, excluding NO2 is 1. The predicted octanol–water partition coefficient (Wildman–Crippen LogP) is 3.15. The SMILES string of the molecule is CCC1(C)CC(N=O)c2cc(O)ccc2O1. The second-order valence-electron chi connectivity index (χ2n) is 4.45. The fourth-order valence-electron chi connectivity index (χ4n) is 2.03. The van der Waals surface area contributed by atoms with Crippen LogP contribution in [0.15, 0.2) is 23.4 Å². The maximum atomic E-state index is 10.9. The first-order chi connectivity index (χ1) is 7.58. The number of phenolic OH excluding ortho intramolecular Hbond substituents is 1. The quantitative estimate of drug-likeness (QED) is 0.780. The Kier molecular flexibility index (Phi) is 2.58. The van der Waals surface area contributed by atoms with Crippen LogP contribution in [0.4, 0.5) is 0 Å². The third-order valence-electron chi connectivity index (χ3n) is 3.21. The van der Waals surface area contributed by atoms with E-state index < -0.39 is 6.04 Å². The van der Waals surface area contributed by atoms with Gasteiger partial charge in [0.25, 0.3) is 0 Å². The first kappa shape index (κ1) is 10.9. The van der Waals surface area contributed by atoms with Gasteiger partial charge < -0.3 is 9.84 Å². The Balaban J connectivity index is 2.46. The van der Waals surface area contributed by atoms with Gasteiger partial charge in [-0.05, 0) is 31.5 Å². The van der Waals surface area contributed by atoms with Gasteiger partial charge in [-0.2, -0.15) is 4.91 Å². The smallest absolute Gasteiger partial charge is 0.125 e. The van der Waals surface area contributed by atoms with E-state index in [-0.39, 0.29) is 11.4 Å². The number of aromatic hydroxyl groups is 1. The molecule has 0 bridgehead atoms. The maximum Gasteiger partial charge on any atom is 0.125 e. The second kappa shape index (κ2) is 3.77. The molecule has 16 heavy (non-hydrogen) atoms. The zero-order chi connectivity index (χ0) is 11.8. The van der Waals surface area contributed by atoms with Gasteiger partial charge in [0.15, 0.2) is 0 Å². The molecule has 86 valence electrons. The number of rotatable bonds is 2. The molecule has 4 nitrogen and oxygen atoms in total. The van der Waals surface area contributed by atoms with Crippen molar-refractivity contribution >= 4 is 0 Å². The van der Waals surface area contributed by atoms with Gasteiger partial charge >= 0.3 is 0 Å². The van der Waals surface area contributed by atoms with Crippen molar-refractivity contribution in [2.75, 3.05) is 0 Å². The van der Waals surface area contributed by atoms with Gasteiger partial charge in [0.1, 0.15) is 23.1 Å². The number of hydrogen-bond donors (Lipinski definition) is 1. The van der Waals surface area contributed by atoms with E-state index in [0.717, 1.165) is 6.42 Å². The molecule has 1 aliphatic heterocycles. The van der Waals surface area contributed by atoms with Crippen LogP contribution in [-0.4, -0.2) is 10.7 Å². The lowest BCUT2D eigenvalue weighted by Gasteiger charge is -2.37. The fourth-order valence-corrected chi connectivity index (χ4v) is 2.03. The molecular formula is C12H15NO3. The highest BCUT2D eigenvalue weighted by atomic mass is 16.5. The molecule has 4 heteroatoms. The first-order valence-corrected chi connectivity index (χ1v) is 5.42. The summed E-state index contributed by atoms with van der Waals surface area (Å²) in [5, 5.41) is 12.5. The number of ether oxygens (including phenoxy) is 1. The van der Waals surface area contributed by atoms with E-state index in [0.29, 0.717) is 17.7 Å². The number of hydrogen-bond acceptors (Lipinski definition) is 4. The summed E-state index contributed by atoms with van der Waals surface area (Å²) in [6, 6.07) is 4.37. The molecule has 0 amide bonds. The molecule has 0 fully saturated rings.